The lowest BCUT2D eigenvalue weighted by Crippen LogP contribution is -2.64. The van der Waals surface area contributed by atoms with Crippen LogP contribution in [0.4, 0.5) is 8.78 Å². The van der Waals surface area contributed by atoms with Crippen LogP contribution in [0.25, 0.3) is 0 Å². The Morgan fingerprint density at radius 1 is 1.02 bits per heavy atom. The van der Waals surface area contributed by atoms with Crippen molar-refractivity contribution in [2.45, 2.75) is 57.6 Å². The van der Waals surface area contributed by atoms with Crippen molar-refractivity contribution in [3.05, 3.63) is 99.0 Å². The van der Waals surface area contributed by atoms with Gasteiger partial charge in [0.1, 0.15) is 30.0 Å². The van der Waals surface area contributed by atoms with E-state index in [9.17, 15) is 23.2 Å². The zero-order valence-corrected chi connectivity index (χ0v) is 21.9. The van der Waals surface area contributed by atoms with Crippen LogP contribution < -0.4 is 15.5 Å². The van der Waals surface area contributed by atoms with Crippen molar-refractivity contribution in [1.29, 1.82) is 0 Å². The Hall–Kier alpha value is -4.05. The second-order valence-electron chi connectivity index (χ2n) is 10.5. The third-order valence-corrected chi connectivity index (χ3v) is 8.11. The Kier molecular flexibility index (Phi) is 7.10. The number of aromatic nitrogens is 1. The van der Waals surface area contributed by atoms with Gasteiger partial charge in [0.2, 0.25) is 5.43 Å². The highest BCUT2D eigenvalue weighted by Gasteiger charge is 2.44. The Morgan fingerprint density at radius 3 is 2.65 bits per heavy atom. The molecule has 6 rings (SSSR count). The highest BCUT2D eigenvalue weighted by molar-refractivity contribution is 5.99. The molecule has 2 fully saturated rings. The topological polar surface area (TPSA) is 83.9 Å². The number of carbonyl (C=O) groups is 2. The van der Waals surface area contributed by atoms with Crippen LogP contribution in [-0.4, -0.2) is 51.5 Å². The minimum atomic E-state index is -0.798. The van der Waals surface area contributed by atoms with E-state index < -0.39 is 23.0 Å². The van der Waals surface area contributed by atoms with Crippen LogP contribution in [0.2, 0.25) is 0 Å². The molecular formula is C30H30F2N4O4. The maximum absolute atomic E-state index is 14.1. The van der Waals surface area contributed by atoms with E-state index >= 15 is 0 Å². The quantitative estimate of drug-likeness (QED) is 0.508. The molecule has 2 atom stereocenters. The molecule has 1 aromatic heterocycles. The highest BCUT2D eigenvalue weighted by Crippen LogP contribution is 2.34. The number of hydrogen-bond donors (Lipinski definition) is 1. The van der Waals surface area contributed by atoms with Crippen LogP contribution in [0.3, 0.4) is 0 Å². The third kappa shape index (κ3) is 4.88. The molecule has 4 heterocycles. The number of halogens is 2. The molecule has 40 heavy (non-hydrogen) atoms. The minimum Gasteiger partial charge on any atom is -0.483 e. The molecule has 8 nitrogen and oxygen atoms in total. The molecule has 3 aliphatic rings. The van der Waals surface area contributed by atoms with Gasteiger partial charge < -0.3 is 19.5 Å². The zero-order valence-electron chi connectivity index (χ0n) is 21.9. The summed E-state index contributed by atoms with van der Waals surface area (Å²) in [6.45, 7) is 1.69. The summed E-state index contributed by atoms with van der Waals surface area (Å²) in [5.41, 5.74) is 0.101. The summed E-state index contributed by atoms with van der Waals surface area (Å²) < 4.78 is 35.1. The summed E-state index contributed by atoms with van der Waals surface area (Å²) in [4.78, 5) is 44.9. The Morgan fingerprint density at radius 2 is 1.85 bits per heavy atom. The van der Waals surface area contributed by atoms with Gasteiger partial charge in [-0.15, -0.1) is 0 Å². The van der Waals surface area contributed by atoms with Crippen molar-refractivity contribution < 1.29 is 23.1 Å². The standard InChI is InChI=1S/C30H30F2N4O4/c31-21-10-9-20(24(32)14-21)15-33-29(38)23-16-34-17-25-35-12-5-4-8-22(35)11-13-36(25)30(39)26(34)28(27(23)37)40-18-19-6-2-1-3-7-19/h1-3,6-7,9-10,14,16,22,25H,4-5,8,11-13,15,17-18H2,(H,33,38). The SMILES string of the molecule is O=C(NCc1ccc(F)cc1F)c1cn2c(c(OCc3ccccc3)c1=O)C(=O)N1CCC3CCCCN3C1C2. The molecule has 2 aromatic carbocycles. The molecule has 3 aromatic rings. The molecule has 3 aliphatic heterocycles. The summed E-state index contributed by atoms with van der Waals surface area (Å²) in [5, 5.41) is 2.56. The van der Waals surface area contributed by atoms with Crippen molar-refractivity contribution in [2.24, 2.45) is 0 Å². The van der Waals surface area contributed by atoms with Gasteiger partial charge in [0.05, 0.1) is 6.54 Å². The predicted octanol–water partition coefficient (Wildman–Crippen LogP) is 3.68. The van der Waals surface area contributed by atoms with E-state index in [4.69, 9.17) is 4.74 Å². The second-order valence-corrected chi connectivity index (χ2v) is 10.5. The number of rotatable bonds is 6. The monoisotopic (exact) mass is 548 g/mol. The molecule has 1 N–H and O–H groups in total. The largest absolute Gasteiger partial charge is 0.483 e. The van der Waals surface area contributed by atoms with Gasteiger partial charge in [-0.3, -0.25) is 19.3 Å². The average Bonchev–Trinajstić information content (AvgIpc) is 2.96. The molecule has 208 valence electrons. The fourth-order valence-corrected chi connectivity index (χ4v) is 6.06. The van der Waals surface area contributed by atoms with Crippen molar-refractivity contribution in [3.8, 4) is 5.75 Å². The third-order valence-electron chi connectivity index (χ3n) is 8.11. The lowest BCUT2D eigenvalue weighted by Gasteiger charge is -2.52. The molecule has 10 heteroatoms. The van der Waals surface area contributed by atoms with Crippen LogP contribution in [-0.2, 0) is 19.7 Å². The van der Waals surface area contributed by atoms with E-state index in [1.165, 1.54) is 18.7 Å². The van der Waals surface area contributed by atoms with Gasteiger partial charge in [-0.25, -0.2) is 8.78 Å². The Balaban J connectivity index is 1.35. The van der Waals surface area contributed by atoms with Crippen LogP contribution in [0.15, 0.2) is 59.5 Å². The van der Waals surface area contributed by atoms with E-state index in [1.54, 1.807) is 4.57 Å². The van der Waals surface area contributed by atoms with Crippen molar-refractivity contribution in [1.82, 2.24) is 19.7 Å². The lowest BCUT2D eigenvalue weighted by molar-refractivity contribution is -0.0514. The molecule has 0 radical (unpaired) electrons. The second kappa shape index (κ2) is 10.8. The minimum absolute atomic E-state index is 0.0415. The number of benzene rings is 2. The summed E-state index contributed by atoms with van der Waals surface area (Å²) in [5.74, 6) is -2.72. The number of nitrogens with zero attached hydrogens (tertiary/aromatic N) is 3. The zero-order chi connectivity index (χ0) is 27.8. The fourth-order valence-electron chi connectivity index (χ4n) is 6.06. The molecular weight excluding hydrogens is 518 g/mol. The number of carbonyl (C=O) groups excluding carboxylic acids is 2. The fraction of sp³-hybridized carbons (Fsp3) is 0.367. The molecule has 0 saturated carbocycles. The normalized spacial score (nSPS) is 20.4. The molecule has 2 unspecified atom stereocenters. The Bertz CT molecular complexity index is 1510. The number of piperidine rings is 1. The van der Waals surface area contributed by atoms with Crippen LogP contribution in [0.5, 0.6) is 5.75 Å². The number of pyridine rings is 1. The summed E-state index contributed by atoms with van der Waals surface area (Å²) in [6, 6.07) is 12.7. The maximum Gasteiger partial charge on any atom is 0.275 e. The molecule has 0 aliphatic carbocycles. The van der Waals surface area contributed by atoms with E-state index in [1.807, 2.05) is 35.2 Å². The van der Waals surface area contributed by atoms with E-state index in [0.29, 0.717) is 19.1 Å². The van der Waals surface area contributed by atoms with Gasteiger partial charge in [-0.05, 0) is 30.9 Å². The number of amides is 2. The van der Waals surface area contributed by atoms with Gasteiger partial charge in [-0.2, -0.15) is 0 Å². The summed E-state index contributed by atoms with van der Waals surface area (Å²) in [7, 11) is 0. The van der Waals surface area contributed by atoms with Gasteiger partial charge in [0.15, 0.2) is 11.4 Å². The van der Waals surface area contributed by atoms with Crippen LogP contribution in [0, 0.1) is 11.6 Å². The van der Waals surface area contributed by atoms with Crippen molar-refractivity contribution in [3.63, 3.8) is 0 Å². The molecule has 0 spiro atoms. The van der Waals surface area contributed by atoms with Crippen LogP contribution in [0.1, 0.15) is 57.7 Å². The Labute approximate surface area is 230 Å². The van der Waals surface area contributed by atoms with E-state index in [0.717, 1.165) is 43.5 Å². The number of ether oxygens (including phenoxy) is 1. The first-order chi connectivity index (χ1) is 19.4. The predicted molar refractivity (Wildman–Crippen MR) is 143 cm³/mol. The van der Waals surface area contributed by atoms with Gasteiger partial charge >= 0.3 is 0 Å². The first-order valence-corrected chi connectivity index (χ1v) is 13.6. The van der Waals surface area contributed by atoms with Crippen molar-refractivity contribution in [2.75, 3.05) is 13.1 Å². The van der Waals surface area contributed by atoms with Crippen molar-refractivity contribution >= 4 is 11.8 Å². The number of hydrogen-bond acceptors (Lipinski definition) is 5. The van der Waals surface area contributed by atoms with E-state index in [-0.39, 0.29) is 47.8 Å². The molecule has 2 saturated heterocycles. The lowest BCUT2D eigenvalue weighted by atomic mass is 9.94. The first-order valence-electron chi connectivity index (χ1n) is 13.6. The first kappa shape index (κ1) is 26.2. The highest BCUT2D eigenvalue weighted by atomic mass is 19.1. The van der Waals surface area contributed by atoms with E-state index in [2.05, 4.69) is 10.2 Å². The molecule has 2 amide bonds. The maximum atomic E-state index is 14.1. The van der Waals surface area contributed by atoms with Gasteiger partial charge in [-0.1, -0.05) is 42.8 Å². The van der Waals surface area contributed by atoms with Crippen LogP contribution >= 0.6 is 0 Å². The number of fused-ring (bicyclic) bond motifs is 4. The average molecular weight is 549 g/mol. The molecule has 0 bridgehead atoms. The summed E-state index contributed by atoms with van der Waals surface area (Å²) in [6.07, 6.45) is 5.44. The smallest absolute Gasteiger partial charge is 0.275 e. The number of nitrogens with one attached hydrogen (secondary N) is 1. The van der Waals surface area contributed by atoms with Gasteiger partial charge in [0, 0.05) is 43.5 Å². The van der Waals surface area contributed by atoms with Gasteiger partial charge in [0.25, 0.3) is 11.8 Å². The summed E-state index contributed by atoms with van der Waals surface area (Å²) >= 11 is 0.